The minimum atomic E-state index is -0.315. The maximum atomic E-state index is 14.3. The molecule has 1 aromatic heterocycles. The molecule has 0 N–H and O–H groups in total. The number of halogens is 1. The van der Waals surface area contributed by atoms with E-state index in [2.05, 4.69) is 4.98 Å². The van der Waals surface area contributed by atoms with Gasteiger partial charge in [-0.2, -0.15) is 0 Å². The molecule has 3 rings (SSSR count). The van der Waals surface area contributed by atoms with Crippen LogP contribution in [0.2, 0.25) is 0 Å². The lowest BCUT2D eigenvalue weighted by molar-refractivity contribution is 0.322. The van der Waals surface area contributed by atoms with Crippen molar-refractivity contribution in [3.8, 4) is 16.9 Å². The zero-order valence-corrected chi connectivity index (χ0v) is 10.9. The first kappa shape index (κ1) is 12.2. The van der Waals surface area contributed by atoms with Crippen LogP contribution in [-0.2, 0) is 0 Å². The Hall–Kier alpha value is -1.90. The zero-order valence-electron chi connectivity index (χ0n) is 10.9. The van der Waals surface area contributed by atoms with Crippen molar-refractivity contribution in [1.29, 1.82) is 0 Å². The minimum Gasteiger partial charge on any atom is -0.491 e. The number of pyridine rings is 1. The highest BCUT2D eigenvalue weighted by molar-refractivity contribution is 5.65. The number of hydrogen-bond acceptors (Lipinski definition) is 2. The van der Waals surface area contributed by atoms with Crippen molar-refractivity contribution in [2.75, 3.05) is 6.61 Å². The second-order valence-electron chi connectivity index (χ2n) is 4.80. The number of aromatic nitrogens is 1. The first-order chi connectivity index (χ1) is 9.29. The van der Waals surface area contributed by atoms with Crippen LogP contribution in [0.15, 0.2) is 36.5 Å². The molecule has 0 saturated heterocycles. The SMILES string of the molecule is CCOc1cccc(-c2ccc(C3CC3)nc2)c1F. The van der Waals surface area contributed by atoms with Gasteiger partial charge >= 0.3 is 0 Å². The van der Waals surface area contributed by atoms with Crippen molar-refractivity contribution < 1.29 is 9.13 Å². The lowest BCUT2D eigenvalue weighted by Gasteiger charge is -2.09. The molecule has 0 radical (unpaired) electrons. The Morgan fingerprint density at radius 3 is 2.74 bits per heavy atom. The van der Waals surface area contributed by atoms with Crippen molar-refractivity contribution in [1.82, 2.24) is 4.98 Å². The van der Waals surface area contributed by atoms with Gasteiger partial charge in [-0.1, -0.05) is 18.2 Å². The van der Waals surface area contributed by atoms with Crippen LogP contribution in [0.3, 0.4) is 0 Å². The van der Waals surface area contributed by atoms with Gasteiger partial charge in [-0.05, 0) is 31.9 Å². The Bertz CT molecular complexity index is 576. The third kappa shape index (κ3) is 2.46. The predicted molar refractivity (Wildman–Crippen MR) is 72.8 cm³/mol. The van der Waals surface area contributed by atoms with Crippen LogP contribution >= 0.6 is 0 Å². The Labute approximate surface area is 112 Å². The average molecular weight is 257 g/mol. The summed E-state index contributed by atoms with van der Waals surface area (Å²) < 4.78 is 19.5. The first-order valence-electron chi connectivity index (χ1n) is 6.67. The third-order valence-corrected chi connectivity index (χ3v) is 3.36. The molecule has 1 saturated carbocycles. The quantitative estimate of drug-likeness (QED) is 0.820. The summed E-state index contributed by atoms with van der Waals surface area (Å²) in [4.78, 5) is 4.43. The predicted octanol–water partition coefficient (Wildman–Crippen LogP) is 4.16. The minimum absolute atomic E-state index is 0.297. The second kappa shape index (κ2) is 5.00. The molecule has 1 aliphatic rings. The van der Waals surface area contributed by atoms with E-state index in [1.165, 1.54) is 12.8 Å². The molecule has 1 aromatic carbocycles. The Morgan fingerprint density at radius 1 is 1.26 bits per heavy atom. The topological polar surface area (TPSA) is 22.1 Å². The van der Waals surface area contributed by atoms with Gasteiger partial charge in [0.2, 0.25) is 0 Å². The van der Waals surface area contributed by atoms with Crippen molar-refractivity contribution in [2.45, 2.75) is 25.7 Å². The monoisotopic (exact) mass is 257 g/mol. The van der Waals surface area contributed by atoms with E-state index in [-0.39, 0.29) is 5.82 Å². The van der Waals surface area contributed by atoms with Gasteiger partial charge in [0.15, 0.2) is 11.6 Å². The molecule has 3 heteroatoms. The van der Waals surface area contributed by atoms with Crippen molar-refractivity contribution in [3.63, 3.8) is 0 Å². The summed E-state index contributed by atoms with van der Waals surface area (Å²) in [7, 11) is 0. The smallest absolute Gasteiger partial charge is 0.172 e. The molecule has 1 heterocycles. The molecule has 0 aliphatic heterocycles. The van der Waals surface area contributed by atoms with Crippen molar-refractivity contribution >= 4 is 0 Å². The molecule has 1 aliphatic carbocycles. The molecule has 19 heavy (non-hydrogen) atoms. The highest BCUT2D eigenvalue weighted by atomic mass is 19.1. The van der Waals surface area contributed by atoms with Crippen LogP contribution in [0.25, 0.3) is 11.1 Å². The average Bonchev–Trinajstić information content (AvgIpc) is 3.26. The van der Waals surface area contributed by atoms with Gasteiger partial charge in [0.1, 0.15) is 0 Å². The van der Waals surface area contributed by atoms with Gasteiger partial charge in [0, 0.05) is 28.9 Å². The molecular formula is C16H16FNO. The molecule has 0 bridgehead atoms. The Morgan fingerprint density at radius 2 is 2.11 bits per heavy atom. The molecule has 98 valence electrons. The lowest BCUT2D eigenvalue weighted by atomic mass is 10.1. The van der Waals surface area contributed by atoms with Crippen LogP contribution in [0.1, 0.15) is 31.4 Å². The molecule has 2 aromatic rings. The normalized spacial score (nSPS) is 14.4. The first-order valence-corrected chi connectivity index (χ1v) is 6.67. The standard InChI is InChI=1S/C16H16FNO/c1-2-19-15-5-3-4-13(16(15)17)12-8-9-14(18-10-12)11-6-7-11/h3-5,8-11H,2,6-7H2,1H3. The summed E-state index contributed by atoms with van der Waals surface area (Å²) >= 11 is 0. The summed E-state index contributed by atoms with van der Waals surface area (Å²) in [5.41, 5.74) is 2.45. The number of benzene rings is 1. The van der Waals surface area contributed by atoms with E-state index >= 15 is 0 Å². The summed E-state index contributed by atoms with van der Waals surface area (Å²) in [5, 5.41) is 0. The summed E-state index contributed by atoms with van der Waals surface area (Å²) in [6.07, 6.45) is 4.20. The van der Waals surface area contributed by atoms with E-state index in [1.54, 1.807) is 24.4 Å². The highest BCUT2D eigenvalue weighted by Gasteiger charge is 2.24. The van der Waals surface area contributed by atoms with Crippen LogP contribution in [-0.4, -0.2) is 11.6 Å². The van der Waals surface area contributed by atoms with E-state index < -0.39 is 0 Å². The second-order valence-corrected chi connectivity index (χ2v) is 4.80. The number of hydrogen-bond donors (Lipinski definition) is 0. The molecule has 1 fully saturated rings. The van der Waals surface area contributed by atoms with Gasteiger partial charge in [0.05, 0.1) is 6.61 Å². The number of rotatable bonds is 4. The third-order valence-electron chi connectivity index (χ3n) is 3.36. The molecule has 0 unspecified atom stereocenters. The molecule has 0 amide bonds. The largest absolute Gasteiger partial charge is 0.491 e. The fourth-order valence-electron chi connectivity index (χ4n) is 2.19. The van der Waals surface area contributed by atoms with Crippen LogP contribution in [0, 0.1) is 5.82 Å². The van der Waals surface area contributed by atoms with Gasteiger partial charge in [-0.15, -0.1) is 0 Å². The lowest BCUT2D eigenvalue weighted by Crippen LogP contribution is -1.96. The van der Waals surface area contributed by atoms with Gasteiger partial charge in [-0.25, -0.2) is 4.39 Å². The van der Waals surface area contributed by atoms with E-state index in [4.69, 9.17) is 4.74 Å². The fraction of sp³-hybridized carbons (Fsp3) is 0.312. The van der Waals surface area contributed by atoms with Gasteiger partial charge in [-0.3, -0.25) is 4.98 Å². The molecular weight excluding hydrogens is 241 g/mol. The van der Waals surface area contributed by atoms with Gasteiger partial charge < -0.3 is 4.74 Å². The Kier molecular flexibility index (Phi) is 3.20. The maximum absolute atomic E-state index is 14.3. The van der Waals surface area contributed by atoms with Crippen LogP contribution in [0.4, 0.5) is 4.39 Å². The molecule has 0 atom stereocenters. The highest BCUT2D eigenvalue weighted by Crippen LogP contribution is 2.39. The molecule has 2 nitrogen and oxygen atoms in total. The van der Waals surface area contributed by atoms with Crippen molar-refractivity contribution in [2.24, 2.45) is 0 Å². The number of nitrogens with zero attached hydrogens (tertiary/aromatic N) is 1. The van der Waals surface area contributed by atoms with E-state index in [0.717, 1.165) is 11.3 Å². The van der Waals surface area contributed by atoms with E-state index in [1.807, 2.05) is 19.1 Å². The fourth-order valence-corrected chi connectivity index (χ4v) is 2.19. The summed E-state index contributed by atoms with van der Waals surface area (Å²) in [6.45, 7) is 2.30. The molecule has 0 spiro atoms. The summed E-state index contributed by atoms with van der Waals surface area (Å²) in [6, 6.07) is 9.15. The van der Waals surface area contributed by atoms with E-state index in [0.29, 0.717) is 23.8 Å². The van der Waals surface area contributed by atoms with Gasteiger partial charge in [0.25, 0.3) is 0 Å². The number of ether oxygens (including phenoxy) is 1. The van der Waals surface area contributed by atoms with Crippen LogP contribution in [0.5, 0.6) is 5.75 Å². The Balaban J connectivity index is 1.94. The summed E-state index contributed by atoms with van der Waals surface area (Å²) in [5.74, 6) is 0.602. The van der Waals surface area contributed by atoms with Crippen LogP contribution < -0.4 is 4.74 Å². The maximum Gasteiger partial charge on any atom is 0.172 e. The zero-order chi connectivity index (χ0) is 13.2. The van der Waals surface area contributed by atoms with E-state index in [9.17, 15) is 4.39 Å². The van der Waals surface area contributed by atoms with Crippen molar-refractivity contribution in [3.05, 3.63) is 48.0 Å².